The Balaban J connectivity index is 2.78. The van der Waals surface area contributed by atoms with Crippen LogP contribution in [0.1, 0.15) is 36.4 Å². The van der Waals surface area contributed by atoms with Gasteiger partial charge in [0, 0.05) is 11.4 Å². The summed E-state index contributed by atoms with van der Waals surface area (Å²) in [5.74, 6) is 0. The standard InChI is InChI=1S/C12H19NOS/c1-3-5-6-7-12-11(13-4-2)8-10(9-14)15-12/h6-8,13-14H,3-5,9H2,1-2H3. The van der Waals surface area contributed by atoms with Gasteiger partial charge in [-0.25, -0.2) is 0 Å². The summed E-state index contributed by atoms with van der Waals surface area (Å²) in [5, 5.41) is 12.4. The van der Waals surface area contributed by atoms with Gasteiger partial charge in [-0.05, 0) is 25.5 Å². The van der Waals surface area contributed by atoms with Crippen LogP contribution in [-0.2, 0) is 6.61 Å². The van der Waals surface area contributed by atoms with Crippen molar-refractivity contribution in [1.82, 2.24) is 0 Å². The Morgan fingerprint density at radius 2 is 2.27 bits per heavy atom. The van der Waals surface area contributed by atoms with Gasteiger partial charge < -0.3 is 10.4 Å². The van der Waals surface area contributed by atoms with Crippen LogP contribution in [0.5, 0.6) is 0 Å². The molecule has 0 aliphatic rings. The molecular weight excluding hydrogens is 206 g/mol. The molecule has 0 spiro atoms. The van der Waals surface area contributed by atoms with Crippen molar-refractivity contribution in [1.29, 1.82) is 0 Å². The summed E-state index contributed by atoms with van der Waals surface area (Å²) in [6.07, 6.45) is 6.61. The molecule has 84 valence electrons. The van der Waals surface area contributed by atoms with Crippen LogP contribution in [0.4, 0.5) is 5.69 Å². The minimum Gasteiger partial charge on any atom is -0.391 e. The molecule has 0 unspecified atom stereocenters. The molecular formula is C12H19NOS. The van der Waals surface area contributed by atoms with Gasteiger partial charge in [-0.1, -0.05) is 19.4 Å². The van der Waals surface area contributed by atoms with Crippen LogP contribution in [0.15, 0.2) is 12.1 Å². The van der Waals surface area contributed by atoms with Crippen LogP contribution in [-0.4, -0.2) is 11.7 Å². The van der Waals surface area contributed by atoms with E-state index >= 15 is 0 Å². The Morgan fingerprint density at radius 1 is 1.47 bits per heavy atom. The Morgan fingerprint density at radius 3 is 2.87 bits per heavy atom. The molecule has 0 atom stereocenters. The Hall–Kier alpha value is -0.800. The van der Waals surface area contributed by atoms with Gasteiger partial charge in [0.2, 0.25) is 0 Å². The quantitative estimate of drug-likeness (QED) is 0.776. The SMILES string of the molecule is CCCC=Cc1sc(CO)cc1NCC. The first-order valence-corrected chi connectivity index (χ1v) is 6.27. The van der Waals surface area contributed by atoms with E-state index in [0.717, 1.165) is 23.5 Å². The van der Waals surface area contributed by atoms with Crippen molar-refractivity contribution in [3.05, 3.63) is 21.9 Å². The zero-order valence-corrected chi connectivity index (χ0v) is 10.2. The molecule has 0 fully saturated rings. The molecule has 0 bridgehead atoms. The number of hydrogen-bond donors (Lipinski definition) is 2. The average Bonchev–Trinajstić information content (AvgIpc) is 2.62. The Kier molecular flexibility index (Phi) is 5.43. The molecule has 1 rings (SSSR count). The van der Waals surface area contributed by atoms with Gasteiger partial charge >= 0.3 is 0 Å². The third-order valence-corrected chi connectivity index (χ3v) is 3.14. The second-order valence-corrected chi connectivity index (χ2v) is 4.54. The van der Waals surface area contributed by atoms with Crippen molar-refractivity contribution in [2.75, 3.05) is 11.9 Å². The summed E-state index contributed by atoms with van der Waals surface area (Å²) in [6.45, 7) is 5.29. The van der Waals surface area contributed by atoms with Crippen LogP contribution >= 0.6 is 11.3 Å². The predicted octanol–water partition coefficient (Wildman–Crippen LogP) is 3.49. The average molecular weight is 225 g/mol. The zero-order valence-electron chi connectivity index (χ0n) is 9.42. The number of allylic oxidation sites excluding steroid dienone is 1. The number of aliphatic hydroxyl groups excluding tert-OH is 1. The van der Waals surface area contributed by atoms with E-state index in [1.165, 1.54) is 11.3 Å². The largest absolute Gasteiger partial charge is 0.391 e. The van der Waals surface area contributed by atoms with Gasteiger partial charge in [0.25, 0.3) is 0 Å². The lowest BCUT2D eigenvalue weighted by Gasteiger charge is -2.00. The molecule has 0 amide bonds. The molecule has 1 aromatic rings. The van der Waals surface area contributed by atoms with E-state index in [1.54, 1.807) is 11.3 Å². The molecule has 15 heavy (non-hydrogen) atoms. The lowest BCUT2D eigenvalue weighted by Crippen LogP contribution is -1.95. The van der Waals surface area contributed by atoms with E-state index in [4.69, 9.17) is 5.11 Å². The van der Waals surface area contributed by atoms with E-state index < -0.39 is 0 Å². The van der Waals surface area contributed by atoms with Gasteiger partial charge in [0.05, 0.1) is 17.2 Å². The fourth-order valence-electron chi connectivity index (χ4n) is 1.35. The fourth-order valence-corrected chi connectivity index (χ4v) is 2.27. The highest BCUT2D eigenvalue weighted by Gasteiger charge is 2.04. The fraction of sp³-hybridized carbons (Fsp3) is 0.500. The second-order valence-electron chi connectivity index (χ2n) is 3.37. The van der Waals surface area contributed by atoms with Crippen molar-refractivity contribution >= 4 is 23.1 Å². The van der Waals surface area contributed by atoms with Crippen molar-refractivity contribution in [3.8, 4) is 0 Å². The predicted molar refractivity (Wildman–Crippen MR) is 68.3 cm³/mol. The molecule has 2 nitrogen and oxygen atoms in total. The van der Waals surface area contributed by atoms with Crippen LogP contribution in [0.2, 0.25) is 0 Å². The molecule has 1 heterocycles. The monoisotopic (exact) mass is 225 g/mol. The first-order chi connectivity index (χ1) is 7.31. The summed E-state index contributed by atoms with van der Waals surface area (Å²) < 4.78 is 0. The van der Waals surface area contributed by atoms with E-state index in [-0.39, 0.29) is 6.61 Å². The van der Waals surface area contributed by atoms with Gasteiger partial charge in [-0.3, -0.25) is 0 Å². The van der Waals surface area contributed by atoms with Crippen molar-refractivity contribution in [2.24, 2.45) is 0 Å². The molecule has 3 heteroatoms. The van der Waals surface area contributed by atoms with Crippen LogP contribution in [0, 0.1) is 0 Å². The normalized spacial score (nSPS) is 11.1. The Bertz CT molecular complexity index is 317. The molecule has 0 saturated carbocycles. The first kappa shape index (κ1) is 12.3. The van der Waals surface area contributed by atoms with Crippen LogP contribution in [0.3, 0.4) is 0 Å². The molecule has 0 aromatic carbocycles. The summed E-state index contributed by atoms with van der Waals surface area (Å²) in [6, 6.07) is 2.03. The molecule has 1 aromatic heterocycles. The lowest BCUT2D eigenvalue weighted by atomic mass is 10.2. The number of unbranched alkanes of at least 4 members (excludes halogenated alkanes) is 1. The first-order valence-electron chi connectivity index (χ1n) is 5.45. The molecule has 0 saturated heterocycles. The summed E-state index contributed by atoms with van der Waals surface area (Å²) >= 11 is 1.65. The van der Waals surface area contributed by atoms with Gasteiger partial charge in [-0.15, -0.1) is 11.3 Å². The van der Waals surface area contributed by atoms with E-state index in [9.17, 15) is 0 Å². The third-order valence-electron chi connectivity index (χ3n) is 2.06. The van der Waals surface area contributed by atoms with Crippen molar-refractivity contribution < 1.29 is 5.11 Å². The number of hydrogen-bond acceptors (Lipinski definition) is 3. The van der Waals surface area contributed by atoms with Gasteiger partial charge in [0.15, 0.2) is 0 Å². The molecule has 2 N–H and O–H groups in total. The molecule has 0 aliphatic heterocycles. The molecule has 0 radical (unpaired) electrons. The highest BCUT2D eigenvalue weighted by Crippen LogP contribution is 2.28. The third kappa shape index (κ3) is 3.68. The number of aliphatic hydroxyl groups is 1. The summed E-state index contributed by atoms with van der Waals surface area (Å²) in [7, 11) is 0. The van der Waals surface area contributed by atoms with Crippen molar-refractivity contribution in [2.45, 2.75) is 33.3 Å². The summed E-state index contributed by atoms with van der Waals surface area (Å²) in [4.78, 5) is 2.23. The maximum Gasteiger partial charge on any atom is 0.0775 e. The van der Waals surface area contributed by atoms with Crippen molar-refractivity contribution in [3.63, 3.8) is 0 Å². The van der Waals surface area contributed by atoms with E-state index in [0.29, 0.717) is 0 Å². The van der Waals surface area contributed by atoms with Gasteiger partial charge in [-0.2, -0.15) is 0 Å². The number of anilines is 1. The maximum absolute atomic E-state index is 9.07. The minimum atomic E-state index is 0.130. The van der Waals surface area contributed by atoms with Crippen LogP contribution < -0.4 is 5.32 Å². The number of thiophene rings is 1. The number of nitrogens with one attached hydrogen (secondary N) is 1. The van der Waals surface area contributed by atoms with E-state index in [2.05, 4.69) is 31.3 Å². The molecule has 0 aliphatic carbocycles. The Labute approximate surface area is 95.6 Å². The topological polar surface area (TPSA) is 32.3 Å². The van der Waals surface area contributed by atoms with Crippen LogP contribution in [0.25, 0.3) is 6.08 Å². The minimum absolute atomic E-state index is 0.130. The highest BCUT2D eigenvalue weighted by molar-refractivity contribution is 7.13. The summed E-state index contributed by atoms with van der Waals surface area (Å²) in [5.41, 5.74) is 1.14. The van der Waals surface area contributed by atoms with Gasteiger partial charge in [0.1, 0.15) is 0 Å². The number of rotatable bonds is 6. The maximum atomic E-state index is 9.07. The highest BCUT2D eigenvalue weighted by atomic mass is 32.1. The zero-order chi connectivity index (χ0) is 11.1. The second kappa shape index (κ2) is 6.64. The lowest BCUT2D eigenvalue weighted by molar-refractivity contribution is 0.285. The smallest absolute Gasteiger partial charge is 0.0775 e. The van der Waals surface area contributed by atoms with E-state index in [1.807, 2.05) is 6.07 Å².